The van der Waals surface area contributed by atoms with Crippen molar-refractivity contribution in [2.75, 3.05) is 6.61 Å². The number of hydrogen-bond acceptors (Lipinski definition) is 3. The van der Waals surface area contributed by atoms with Crippen molar-refractivity contribution in [1.82, 2.24) is 19.3 Å². The first kappa shape index (κ1) is 17.4. The van der Waals surface area contributed by atoms with E-state index in [1.54, 1.807) is 23.0 Å². The molecule has 0 aliphatic heterocycles. The summed E-state index contributed by atoms with van der Waals surface area (Å²) in [6.45, 7) is 5.15. The molecule has 0 atom stereocenters. The molecule has 2 heterocycles. The topological polar surface area (TPSA) is 55.9 Å². The zero-order valence-corrected chi connectivity index (χ0v) is 14.6. The summed E-state index contributed by atoms with van der Waals surface area (Å²) < 4.78 is 16.9. The fourth-order valence-corrected chi connectivity index (χ4v) is 2.74. The molecule has 0 spiro atoms. The number of aromatic nitrogens is 4. The third-order valence-electron chi connectivity index (χ3n) is 4.36. The van der Waals surface area contributed by atoms with Gasteiger partial charge < -0.3 is 9.67 Å². The highest BCUT2D eigenvalue weighted by atomic mass is 19.1. The van der Waals surface area contributed by atoms with Crippen molar-refractivity contribution < 1.29 is 9.50 Å². The van der Waals surface area contributed by atoms with Crippen LogP contribution < -0.4 is 0 Å². The van der Waals surface area contributed by atoms with Crippen LogP contribution in [0.2, 0.25) is 0 Å². The van der Waals surface area contributed by atoms with E-state index in [0.717, 1.165) is 36.3 Å². The fraction of sp³-hybridized carbons (Fsp3) is 0.368. The molecule has 1 N–H and O–H groups in total. The lowest BCUT2D eigenvalue weighted by molar-refractivity contribution is 0.146. The van der Waals surface area contributed by atoms with Crippen LogP contribution in [-0.4, -0.2) is 31.0 Å². The van der Waals surface area contributed by atoms with E-state index in [9.17, 15) is 9.50 Å². The van der Waals surface area contributed by atoms with Gasteiger partial charge in [-0.15, -0.1) is 0 Å². The van der Waals surface area contributed by atoms with Crippen LogP contribution in [0.1, 0.15) is 26.7 Å². The summed E-state index contributed by atoms with van der Waals surface area (Å²) in [7, 11) is 0. The molecule has 0 fully saturated rings. The van der Waals surface area contributed by atoms with E-state index in [4.69, 9.17) is 0 Å². The van der Waals surface area contributed by atoms with E-state index in [-0.39, 0.29) is 17.8 Å². The number of rotatable bonds is 7. The van der Waals surface area contributed by atoms with Gasteiger partial charge in [0.2, 0.25) is 0 Å². The largest absolute Gasteiger partial charge is 0.396 e. The molecule has 1 aromatic carbocycles. The maximum absolute atomic E-state index is 13.1. The molecule has 0 bridgehead atoms. The molecule has 0 radical (unpaired) electrons. The van der Waals surface area contributed by atoms with Gasteiger partial charge in [0.1, 0.15) is 5.82 Å². The monoisotopic (exact) mass is 342 g/mol. The number of aliphatic hydroxyl groups is 1. The summed E-state index contributed by atoms with van der Waals surface area (Å²) >= 11 is 0. The maximum atomic E-state index is 13.1. The van der Waals surface area contributed by atoms with Gasteiger partial charge in [-0.3, -0.25) is 0 Å². The molecule has 0 amide bonds. The summed E-state index contributed by atoms with van der Waals surface area (Å²) in [5, 5.41) is 13.7. The SMILES string of the molecule is CC(C)(CO)CCCn1cncc1-c1cnn(-c2ccc(F)cc2)c1. The van der Waals surface area contributed by atoms with Crippen molar-refractivity contribution in [3.8, 4) is 16.9 Å². The van der Waals surface area contributed by atoms with E-state index in [2.05, 4.69) is 28.5 Å². The number of imidazole rings is 1. The van der Waals surface area contributed by atoms with Crippen LogP contribution in [0.5, 0.6) is 0 Å². The van der Waals surface area contributed by atoms with Gasteiger partial charge in [0.05, 0.1) is 30.1 Å². The van der Waals surface area contributed by atoms with E-state index < -0.39 is 0 Å². The lowest BCUT2D eigenvalue weighted by Gasteiger charge is -2.21. The second kappa shape index (κ2) is 7.19. The number of aryl methyl sites for hydroxylation is 1. The predicted octanol–water partition coefficient (Wildman–Crippen LogP) is 3.67. The van der Waals surface area contributed by atoms with Crippen LogP contribution in [0.3, 0.4) is 0 Å². The normalized spacial score (nSPS) is 11.8. The van der Waals surface area contributed by atoms with Gasteiger partial charge in [-0.2, -0.15) is 5.10 Å². The quantitative estimate of drug-likeness (QED) is 0.713. The molecule has 0 saturated heterocycles. The van der Waals surface area contributed by atoms with Crippen LogP contribution in [0, 0.1) is 11.2 Å². The van der Waals surface area contributed by atoms with Crippen LogP contribution in [0.25, 0.3) is 16.9 Å². The highest BCUT2D eigenvalue weighted by Gasteiger charge is 2.16. The Hall–Kier alpha value is -2.47. The maximum Gasteiger partial charge on any atom is 0.123 e. The molecule has 0 saturated carbocycles. The van der Waals surface area contributed by atoms with Gasteiger partial charge in [-0.05, 0) is 42.5 Å². The highest BCUT2D eigenvalue weighted by Crippen LogP contribution is 2.24. The summed E-state index contributed by atoms with van der Waals surface area (Å²) in [5.74, 6) is -0.264. The van der Waals surface area contributed by atoms with Crippen molar-refractivity contribution in [2.24, 2.45) is 5.41 Å². The number of halogens is 1. The molecule has 3 rings (SSSR count). The third kappa shape index (κ3) is 4.14. The lowest BCUT2D eigenvalue weighted by atomic mass is 9.89. The Morgan fingerprint density at radius 3 is 2.64 bits per heavy atom. The van der Waals surface area contributed by atoms with Crippen LogP contribution in [0.4, 0.5) is 4.39 Å². The average molecular weight is 342 g/mol. The standard InChI is InChI=1S/C19H23FN4O/c1-19(2,13-25)8-3-9-23-14-21-11-18(23)15-10-22-24(12-15)17-6-4-16(20)5-7-17/h4-7,10-12,14,25H,3,8-9,13H2,1-2H3. The molecule has 0 unspecified atom stereocenters. The summed E-state index contributed by atoms with van der Waals surface area (Å²) in [6.07, 6.45) is 9.24. The molecule has 5 nitrogen and oxygen atoms in total. The molecule has 0 aliphatic rings. The Morgan fingerprint density at radius 2 is 1.92 bits per heavy atom. The van der Waals surface area contributed by atoms with Crippen molar-refractivity contribution in [1.29, 1.82) is 0 Å². The summed E-state index contributed by atoms with van der Waals surface area (Å²) in [6, 6.07) is 6.23. The molecule has 2 aromatic heterocycles. The molecule has 6 heteroatoms. The smallest absolute Gasteiger partial charge is 0.123 e. The van der Waals surface area contributed by atoms with Crippen molar-refractivity contribution in [2.45, 2.75) is 33.2 Å². The van der Waals surface area contributed by atoms with Crippen molar-refractivity contribution in [3.63, 3.8) is 0 Å². The van der Waals surface area contributed by atoms with E-state index in [0.29, 0.717) is 0 Å². The van der Waals surface area contributed by atoms with E-state index >= 15 is 0 Å². The molecule has 0 aliphatic carbocycles. The Bertz CT molecular complexity index is 820. The van der Waals surface area contributed by atoms with Crippen LogP contribution >= 0.6 is 0 Å². The number of hydrogen-bond donors (Lipinski definition) is 1. The van der Waals surface area contributed by atoms with Gasteiger partial charge in [0.25, 0.3) is 0 Å². The zero-order chi connectivity index (χ0) is 17.9. The first-order chi connectivity index (χ1) is 12.0. The first-order valence-electron chi connectivity index (χ1n) is 8.40. The summed E-state index contributed by atoms with van der Waals surface area (Å²) in [4.78, 5) is 4.25. The van der Waals surface area contributed by atoms with Gasteiger partial charge in [0, 0.05) is 24.9 Å². The molecule has 132 valence electrons. The number of aliphatic hydroxyl groups excluding tert-OH is 1. The van der Waals surface area contributed by atoms with Gasteiger partial charge >= 0.3 is 0 Å². The molecule has 3 aromatic rings. The second-order valence-corrected chi connectivity index (χ2v) is 7.05. The summed E-state index contributed by atoms with van der Waals surface area (Å²) in [5.41, 5.74) is 2.70. The van der Waals surface area contributed by atoms with E-state index in [1.807, 2.05) is 18.7 Å². The van der Waals surface area contributed by atoms with E-state index in [1.165, 1.54) is 12.1 Å². The van der Waals surface area contributed by atoms with Crippen LogP contribution in [0.15, 0.2) is 49.2 Å². The Kier molecular flexibility index (Phi) is 4.99. The van der Waals surface area contributed by atoms with Crippen molar-refractivity contribution in [3.05, 3.63) is 55.0 Å². The van der Waals surface area contributed by atoms with Gasteiger partial charge in [-0.1, -0.05) is 13.8 Å². The first-order valence-corrected chi connectivity index (χ1v) is 8.40. The van der Waals surface area contributed by atoms with Gasteiger partial charge in [0.15, 0.2) is 0 Å². The average Bonchev–Trinajstić information content (AvgIpc) is 3.24. The Balaban J connectivity index is 1.73. The minimum Gasteiger partial charge on any atom is -0.396 e. The minimum absolute atomic E-state index is 0.0613. The molecular weight excluding hydrogens is 319 g/mol. The minimum atomic E-state index is -0.264. The van der Waals surface area contributed by atoms with Gasteiger partial charge in [-0.25, -0.2) is 14.1 Å². The predicted molar refractivity (Wildman–Crippen MR) is 94.8 cm³/mol. The second-order valence-electron chi connectivity index (χ2n) is 7.05. The van der Waals surface area contributed by atoms with Crippen molar-refractivity contribution >= 4 is 0 Å². The molecular formula is C19H23FN4O. The number of nitrogens with zero attached hydrogens (tertiary/aromatic N) is 4. The number of benzene rings is 1. The Labute approximate surface area is 146 Å². The highest BCUT2D eigenvalue weighted by molar-refractivity contribution is 5.57. The van der Waals surface area contributed by atoms with Crippen LogP contribution in [-0.2, 0) is 6.54 Å². The fourth-order valence-electron chi connectivity index (χ4n) is 2.74. The Morgan fingerprint density at radius 1 is 1.16 bits per heavy atom. The lowest BCUT2D eigenvalue weighted by Crippen LogP contribution is -2.17. The third-order valence-corrected chi connectivity index (χ3v) is 4.36. The molecule has 25 heavy (non-hydrogen) atoms. The zero-order valence-electron chi connectivity index (χ0n) is 14.6.